The first-order valence-electron chi connectivity index (χ1n) is 7.18. The topological polar surface area (TPSA) is 57.6 Å². The molecule has 124 valence electrons. The molecule has 0 radical (unpaired) electrons. The minimum Gasteiger partial charge on any atom is -0.481 e. The molecule has 0 aliphatic carbocycles. The van der Waals surface area contributed by atoms with E-state index in [0.29, 0.717) is 15.6 Å². The smallest absolute Gasteiger partial charge is 0.305 e. The maximum Gasteiger partial charge on any atom is 0.305 e. The highest BCUT2D eigenvalue weighted by atomic mass is 35.5. The van der Waals surface area contributed by atoms with Crippen molar-refractivity contribution >= 4 is 52.5 Å². The van der Waals surface area contributed by atoms with Gasteiger partial charge in [0.2, 0.25) is 5.91 Å². The number of hydrogen-bond donors (Lipinski definition) is 1. The van der Waals surface area contributed by atoms with Crippen molar-refractivity contribution in [2.45, 2.75) is 23.1 Å². The zero-order valence-corrected chi connectivity index (χ0v) is 14.7. The number of carboxylic acids is 1. The van der Waals surface area contributed by atoms with Crippen LogP contribution in [0.1, 0.15) is 12.0 Å². The van der Waals surface area contributed by atoms with Crippen LogP contribution in [0.15, 0.2) is 47.4 Å². The van der Waals surface area contributed by atoms with E-state index in [1.165, 1.54) is 11.8 Å². The number of carbonyl (C=O) groups excluding carboxylic acids is 1. The van der Waals surface area contributed by atoms with Crippen molar-refractivity contribution in [1.82, 2.24) is 0 Å². The average Bonchev–Trinajstić information content (AvgIpc) is 2.54. The number of anilines is 1. The standard InChI is InChI=1S/C17H13Cl2NO3S/c18-11-5-6-12(19)10(7-11)9-20-13-3-1-2-4-14(13)24-15(17(20)23)8-16(21)22/h1-7,15H,8-9H2,(H,21,22). The Balaban J connectivity index is 1.99. The third kappa shape index (κ3) is 3.53. The van der Waals surface area contributed by atoms with Crippen LogP contribution >= 0.6 is 35.0 Å². The summed E-state index contributed by atoms with van der Waals surface area (Å²) < 4.78 is 0. The molecule has 0 fully saturated rings. The van der Waals surface area contributed by atoms with Crippen LogP contribution in [-0.2, 0) is 16.1 Å². The largest absolute Gasteiger partial charge is 0.481 e. The molecule has 1 N–H and O–H groups in total. The normalized spacial score (nSPS) is 16.8. The molecule has 24 heavy (non-hydrogen) atoms. The van der Waals surface area contributed by atoms with Crippen LogP contribution in [0.4, 0.5) is 5.69 Å². The molecule has 0 aromatic heterocycles. The lowest BCUT2D eigenvalue weighted by atomic mass is 10.1. The molecule has 7 heteroatoms. The van der Waals surface area contributed by atoms with Gasteiger partial charge in [0.15, 0.2) is 0 Å². The van der Waals surface area contributed by atoms with Gasteiger partial charge in [-0.1, -0.05) is 35.3 Å². The van der Waals surface area contributed by atoms with Gasteiger partial charge in [-0.05, 0) is 35.9 Å². The molecule has 0 bridgehead atoms. The molecule has 0 spiro atoms. The third-order valence-corrected chi connectivity index (χ3v) is 5.52. The lowest BCUT2D eigenvalue weighted by Crippen LogP contribution is -2.41. The van der Waals surface area contributed by atoms with Crippen molar-refractivity contribution < 1.29 is 14.7 Å². The Morgan fingerprint density at radius 2 is 1.96 bits per heavy atom. The van der Waals surface area contributed by atoms with Gasteiger partial charge in [-0.15, -0.1) is 11.8 Å². The van der Waals surface area contributed by atoms with Gasteiger partial charge in [-0.3, -0.25) is 9.59 Å². The van der Waals surface area contributed by atoms with Crippen LogP contribution in [-0.4, -0.2) is 22.2 Å². The maximum atomic E-state index is 12.8. The first-order chi connectivity index (χ1) is 11.5. The summed E-state index contributed by atoms with van der Waals surface area (Å²) in [6.07, 6.45) is -0.225. The molecule has 2 aromatic carbocycles. The minimum absolute atomic E-state index is 0.225. The molecule has 3 rings (SSSR count). The van der Waals surface area contributed by atoms with Crippen molar-refractivity contribution in [2.75, 3.05) is 4.90 Å². The number of nitrogens with zero attached hydrogens (tertiary/aromatic N) is 1. The predicted octanol–water partition coefficient (Wildman–Crippen LogP) is 4.48. The quantitative estimate of drug-likeness (QED) is 0.848. The summed E-state index contributed by atoms with van der Waals surface area (Å²) in [6, 6.07) is 12.5. The van der Waals surface area contributed by atoms with Crippen molar-refractivity contribution in [2.24, 2.45) is 0 Å². The first kappa shape index (κ1) is 17.1. The van der Waals surface area contributed by atoms with Crippen LogP contribution in [0.5, 0.6) is 0 Å². The zero-order chi connectivity index (χ0) is 17.3. The number of benzene rings is 2. The summed E-state index contributed by atoms with van der Waals surface area (Å²) in [7, 11) is 0. The zero-order valence-electron chi connectivity index (χ0n) is 12.4. The summed E-state index contributed by atoms with van der Waals surface area (Å²) in [5.74, 6) is -1.24. The summed E-state index contributed by atoms with van der Waals surface area (Å²) in [4.78, 5) is 26.3. The van der Waals surface area contributed by atoms with Gasteiger partial charge in [0.25, 0.3) is 0 Å². The van der Waals surface area contributed by atoms with E-state index in [2.05, 4.69) is 0 Å². The molecule has 1 heterocycles. The van der Waals surface area contributed by atoms with Gasteiger partial charge in [-0.25, -0.2) is 0 Å². The Labute approximate surface area is 153 Å². The number of hydrogen-bond acceptors (Lipinski definition) is 3. The molecule has 1 amide bonds. The summed E-state index contributed by atoms with van der Waals surface area (Å²) in [6.45, 7) is 0.242. The highest BCUT2D eigenvalue weighted by Crippen LogP contribution is 2.41. The van der Waals surface area contributed by atoms with Gasteiger partial charge in [0.1, 0.15) is 0 Å². The monoisotopic (exact) mass is 381 g/mol. The van der Waals surface area contributed by atoms with Gasteiger partial charge < -0.3 is 10.0 Å². The van der Waals surface area contributed by atoms with E-state index < -0.39 is 11.2 Å². The van der Waals surface area contributed by atoms with Gasteiger partial charge in [-0.2, -0.15) is 0 Å². The van der Waals surface area contributed by atoms with Gasteiger partial charge in [0.05, 0.1) is 23.9 Å². The van der Waals surface area contributed by atoms with Crippen LogP contribution in [0.3, 0.4) is 0 Å². The van der Waals surface area contributed by atoms with Gasteiger partial charge >= 0.3 is 5.97 Å². The molecule has 1 aliphatic rings. The van der Waals surface area contributed by atoms with E-state index in [4.69, 9.17) is 28.3 Å². The average molecular weight is 382 g/mol. The molecular formula is C17H13Cl2NO3S. The second-order valence-electron chi connectivity index (χ2n) is 5.33. The maximum absolute atomic E-state index is 12.8. The van der Waals surface area contributed by atoms with Crippen molar-refractivity contribution in [1.29, 1.82) is 0 Å². The van der Waals surface area contributed by atoms with Crippen molar-refractivity contribution in [3.05, 3.63) is 58.1 Å². The fraction of sp³-hybridized carbons (Fsp3) is 0.176. The molecule has 2 aromatic rings. The molecule has 4 nitrogen and oxygen atoms in total. The number of para-hydroxylation sites is 1. The Morgan fingerprint density at radius 3 is 2.71 bits per heavy atom. The Bertz CT molecular complexity index is 812. The highest BCUT2D eigenvalue weighted by molar-refractivity contribution is 8.01. The van der Waals surface area contributed by atoms with E-state index in [9.17, 15) is 9.59 Å². The number of amides is 1. The Hall–Kier alpha value is -1.69. The lowest BCUT2D eigenvalue weighted by Gasteiger charge is -2.33. The van der Waals surface area contributed by atoms with E-state index >= 15 is 0 Å². The van der Waals surface area contributed by atoms with Crippen LogP contribution < -0.4 is 4.90 Å². The van der Waals surface area contributed by atoms with E-state index in [1.807, 2.05) is 24.3 Å². The Morgan fingerprint density at radius 1 is 1.21 bits per heavy atom. The molecule has 0 saturated heterocycles. The first-order valence-corrected chi connectivity index (χ1v) is 8.82. The minimum atomic E-state index is -0.999. The van der Waals surface area contributed by atoms with Crippen LogP contribution in [0, 0.1) is 0 Å². The predicted molar refractivity (Wildman–Crippen MR) is 96.0 cm³/mol. The lowest BCUT2D eigenvalue weighted by molar-refractivity contribution is -0.138. The number of aliphatic carboxylic acids is 1. The number of rotatable bonds is 4. The summed E-state index contributed by atoms with van der Waals surface area (Å²) >= 11 is 13.5. The summed E-state index contributed by atoms with van der Waals surface area (Å²) in [5.41, 5.74) is 1.47. The number of carboxylic acid groups (broad SMARTS) is 1. The Kier molecular flexibility index (Phi) is 5.04. The fourth-order valence-electron chi connectivity index (χ4n) is 2.56. The third-order valence-electron chi connectivity index (χ3n) is 3.66. The molecule has 0 saturated carbocycles. The van der Waals surface area contributed by atoms with E-state index in [-0.39, 0.29) is 18.9 Å². The number of fused-ring (bicyclic) bond motifs is 1. The van der Waals surface area contributed by atoms with Crippen LogP contribution in [0.25, 0.3) is 0 Å². The number of carbonyl (C=O) groups is 2. The fourth-order valence-corrected chi connectivity index (χ4v) is 4.15. The van der Waals surface area contributed by atoms with Gasteiger partial charge in [0, 0.05) is 14.9 Å². The second-order valence-corrected chi connectivity index (χ2v) is 7.42. The van der Waals surface area contributed by atoms with E-state index in [1.54, 1.807) is 23.1 Å². The molecular weight excluding hydrogens is 369 g/mol. The van der Waals surface area contributed by atoms with E-state index in [0.717, 1.165) is 10.6 Å². The SMILES string of the molecule is O=C(O)CC1Sc2ccccc2N(Cc2cc(Cl)ccc2Cl)C1=O. The van der Waals surface area contributed by atoms with Crippen LogP contribution in [0.2, 0.25) is 10.0 Å². The number of halogens is 2. The summed E-state index contributed by atoms with van der Waals surface area (Å²) in [5, 5.41) is 9.45. The molecule has 1 atom stereocenters. The number of thioether (sulfide) groups is 1. The van der Waals surface area contributed by atoms with Crippen molar-refractivity contribution in [3.8, 4) is 0 Å². The van der Waals surface area contributed by atoms with Crippen molar-refractivity contribution in [3.63, 3.8) is 0 Å². The second kappa shape index (κ2) is 7.05. The molecule has 1 aliphatic heterocycles. The molecule has 1 unspecified atom stereocenters. The highest BCUT2D eigenvalue weighted by Gasteiger charge is 2.35.